The van der Waals surface area contributed by atoms with E-state index in [1.54, 1.807) is 13.0 Å². The van der Waals surface area contributed by atoms with Crippen LogP contribution in [0.2, 0.25) is 0 Å². The molecule has 0 saturated heterocycles. The molecule has 0 fully saturated rings. The van der Waals surface area contributed by atoms with Gasteiger partial charge in [-0.3, -0.25) is 4.79 Å². The van der Waals surface area contributed by atoms with E-state index in [0.29, 0.717) is 0 Å². The molecule has 1 amide bonds. The summed E-state index contributed by atoms with van der Waals surface area (Å²) in [4.78, 5) is 11.7. The molecule has 2 N–H and O–H groups in total. The van der Waals surface area contributed by atoms with Gasteiger partial charge in [0.05, 0.1) is 12.2 Å². The Labute approximate surface area is 106 Å². The van der Waals surface area contributed by atoms with E-state index >= 15 is 0 Å². The monoisotopic (exact) mass is 255 g/mol. The van der Waals surface area contributed by atoms with Crippen LogP contribution in [-0.4, -0.2) is 36.9 Å². The molecule has 18 heavy (non-hydrogen) atoms. The predicted octanol–water partition coefficient (Wildman–Crippen LogP) is 1.26. The van der Waals surface area contributed by atoms with Crippen LogP contribution in [-0.2, 0) is 4.74 Å². The maximum atomic E-state index is 13.5. The zero-order chi connectivity index (χ0) is 13.8. The van der Waals surface area contributed by atoms with Gasteiger partial charge in [0.15, 0.2) is 0 Å². The van der Waals surface area contributed by atoms with E-state index in [-0.39, 0.29) is 18.7 Å². The van der Waals surface area contributed by atoms with Crippen LogP contribution in [0.15, 0.2) is 18.2 Å². The quantitative estimate of drug-likeness (QED) is 0.832. The molecule has 0 aliphatic carbocycles. The van der Waals surface area contributed by atoms with Crippen molar-refractivity contribution < 1.29 is 19.0 Å². The highest BCUT2D eigenvalue weighted by Crippen LogP contribution is 2.10. The summed E-state index contributed by atoms with van der Waals surface area (Å²) < 4.78 is 18.3. The van der Waals surface area contributed by atoms with Gasteiger partial charge in [0, 0.05) is 13.7 Å². The molecule has 0 radical (unpaired) electrons. The van der Waals surface area contributed by atoms with Crippen molar-refractivity contribution in [3.63, 3.8) is 0 Å². The van der Waals surface area contributed by atoms with Gasteiger partial charge in [0.1, 0.15) is 11.4 Å². The van der Waals surface area contributed by atoms with Gasteiger partial charge in [-0.05, 0) is 31.5 Å². The van der Waals surface area contributed by atoms with Crippen molar-refractivity contribution in [2.24, 2.45) is 0 Å². The van der Waals surface area contributed by atoms with Gasteiger partial charge >= 0.3 is 0 Å². The molecular formula is C13H18FNO3. The molecule has 0 bridgehead atoms. The molecule has 1 rings (SSSR count). The standard InChI is InChI=1S/C13H18FNO3/c1-9-4-5-10(11(14)6-9)12(16)15-7-13(2,17)8-18-3/h4-6,17H,7-8H2,1-3H3,(H,15,16)/t13-/m0/s1. The molecule has 1 aromatic rings. The maximum absolute atomic E-state index is 13.5. The van der Waals surface area contributed by atoms with Crippen molar-refractivity contribution in [2.75, 3.05) is 20.3 Å². The lowest BCUT2D eigenvalue weighted by Gasteiger charge is -2.22. The molecule has 4 nitrogen and oxygen atoms in total. The predicted molar refractivity (Wildman–Crippen MR) is 66.0 cm³/mol. The second-order valence-electron chi connectivity index (χ2n) is 4.60. The SMILES string of the molecule is COC[C@@](C)(O)CNC(=O)c1ccc(C)cc1F. The number of benzene rings is 1. The zero-order valence-corrected chi connectivity index (χ0v) is 10.8. The van der Waals surface area contributed by atoms with Crippen molar-refractivity contribution in [1.82, 2.24) is 5.32 Å². The average Bonchev–Trinajstić information content (AvgIpc) is 2.26. The lowest BCUT2D eigenvalue weighted by Crippen LogP contribution is -2.43. The van der Waals surface area contributed by atoms with Crippen LogP contribution in [0.25, 0.3) is 0 Å². The molecule has 0 unspecified atom stereocenters. The molecule has 0 spiro atoms. The number of rotatable bonds is 5. The number of carbonyl (C=O) groups is 1. The number of methoxy groups -OCH3 is 1. The third kappa shape index (κ3) is 4.09. The van der Waals surface area contributed by atoms with Gasteiger partial charge in [-0.25, -0.2) is 4.39 Å². The summed E-state index contributed by atoms with van der Waals surface area (Å²) in [5, 5.41) is 12.3. The first-order valence-electron chi connectivity index (χ1n) is 5.61. The smallest absolute Gasteiger partial charge is 0.254 e. The fraction of sp³-hybridized carbons (Fsp3) is 0.462. The van der Waals surface area contributed by atoms with Crippen molar-refractivity contribution >= 4 is 5.91 Å². The number of ether oxygens (including phenoxy) is 1. The first-order chi connectivity index (χ1) is 8.35. The Bertz CT molecular complexity index is 432. The van der Waals surface area contributed by atoms with Crippen molar-refractivity contribution in [3.05, 3.63) is 35.1 Å². The van der Waals surface area contributed by atoms with Crippen LogP contribution in [0, 0.1) is 12.7 Å². The molecule has 0 heterocycles. The molecule has 100 valence electrons. The molecule has 5 heteroatoms. The van der Waals surface area contributed by atoms with Crippen LogP contribution in [0.1, 0.15) is 22.8 Å². The maximum Gasteiger partial charge on any atom is 0.254 e. The van der Waals surface area contributed by atoms with Crippen LogP contribution >= 0.6 is 0 Å². The Hall–Kier alpha value is -1.46. The molecular weight excluding hydrogens is 237 g/mol. The Morgan fingerprint density at radius 3 is 2.78 bits per heavy atom. The summed E-state index contributed by atoms with van der Waals surface area (Å²) in [6.07, 6.45) is 0. The number of hydrogen-bond donors (Lipinski definition) is 2. The minimum atomic E-state index is -1.18. The van der Waals surface area contributed by atoms with Crippen molar-refractivity contribution in [2.45, 2.75) is 19.4 Å². The second-order valence-corrected chi connectivity index (χ2v) is 4.60. The first kappa shape index (κ1) is 14.6. The topological polar surface area (TPSA) is 58.6 Å². The van der Waals surface area contributed by atoms with Crippen molar-refractivity contribution in [3.8, 4) is 0 Å². The summed E-state index contributed by atoms with van der Waals surface area (Å²) in [5.41, 5.74) is -0.463. The lowest BCUT2D eigenvalue weighted by molar-refractivity contribution is -0.0147. The summed E-state index contributed by atoms with van der Waals surface area (Å²) in [7, 11) is 1.45. The fourth-order valence-corrected chi connectivity index (χ4v) is 1.53. The highest BCUT2D eigenvalue weighted by Gasteiger charge is 2.22. The van der Waals surface area contributed by atoms with Crippen molar-refractivity contribution in [1.29, 1.82) is 0 Å². The van der Waals surface area contributed by atoms with Gasteiger partial charge in [-0.2, -0.15) is 0 Å². The third-order valence-electron chi connectivity index (χ3n) is 2.45. The van der Waals surface area contributed by atoms with E-state index in [2.05, 4.69) is 5.32 Å². The van der Waals surface area contributed by atoms with Gasteiger partial charge in [0.2, 0.25) is 0 Å². The van der Waals surface area contributed by atoms with Crippen LogP contribution < -0.4 is 5.32 Å². The zero-order valence-electron chi connectivity index (χ0n) is 10.8. The van der Waals surface area contributed by atoms with E-state index in [0.717, 1.165) is 5.56 Å². The number of aliphatic hydroxyl groups is 1. The first-order valence-corrected chi connectivity index (χ1v) is 5.61. The summed E-state index contributed by atoms with van der Waals surface area (Å²) in [6, 6.07) is 4.37. The molecule has 0 aliphatic heterocycles. The van der Waals surface area contributed by atoms with Crippen LogP contribution in [0.5, 0.6) is 0 Å². The highest BCUT2D eigenvalue weighted by atomic mass is 19.1. The fourth-order valence-electron chi connectivity index (χ4n) is 1.53. The van der Waals surface area contributed by atoms with Crippen LogP contribution in [0.4, 0.5) is 4.39 Å². The number of nitrogens with one attached hydrogen (secondary N) is 1. The van der Waals surface area contributed by atoms with Gasteiger partial charge in [-0.15, -0.1) is 0 Å². The lowest BCUT2D eigenvalue weighted by atomic mass is 10.1. The molecule has 0 saturated carbocycles. The number of carbonyl (C=O) groups excluding carboxylic acids is 1. The Balaban J connectivity index is 2.66. The molecule has 1 atom stereocenters. The highest BCUT2D eigenvalue weighted by molar-refractivity contribution is 5.94. The molecule has 1 aromatic carbocycles. The summed E-state index contributed by atoms with van der Waals surface area (Å²) >= 11 is 0. The van der Waals surface area contributed by atoms with Gasteiger partial charge in [-0.1, -0.05) is 6.07 Å². The Morgan fingerprint density at radius 1 is 1.56 bits per heavy atom. The van der Waals surface area contributed by atoms with E-state index in [4.69, 9.17) is 4.74 Å². The van der Waals surface area contributed by atoms with E-state index < -0.39 is 17.3 Å². The number of hydrogen-bond acceptors (Lipinski definition) is 3. The molecule has 0 aliphatic rings. The largest absolute Gasteiger partial charge is 0.386 e. The summed E-state index contributed by atoms with van der Waals surface area (Å²) in [5.74, 6) is -1.12. The average molecular weight is 255 g/mol. The van der Waals surface area contributed by atoms with E-state index in [1.165, 1.54) is 26.2 Å². The second kappa shape index (κ2) is 5.93. The van der Waals surface area contributed by atoms with Gasteiger partial charge < -0.3 is 15.2 Å². The number of amides is 1. The Morgan fingerprint density at radius 2 is 2.22 bits per heavy atom. The number of halogens is 1. The molecule has 0 aromatic heterocycles. The minimum absolute atomic E-state index is 0.00695. The summed E-state index contributed by atoms with van der Waals surface area (Å²) in [6.45, 7) is 3.35. The number of aryl methyl sites for hydroxylation is 1. The van der Waals surface area contributed by atoms with Gasteiger partial charge in [0.25, 0.3) is 5.91 Å². The Kier molecular flexibility index (Phi) is 4.81. The normalized spacial score (nSPS) is 14.1. The third-order valence-corrected chi connectivity index (χ3v) is 2.45. The van der Waals surface area contributed by atoms with E-state index in [9.17, 15) is 14.3 Å². The van der Waals surface area contributed by atoms with E-state index in [1.807, 2.05) is 0 Å². The van der Waals surface area contributed by atoms with Crippen LogP contribution in [0.3, 0.4) is 0 Å². The minimum Gasteiger partial charge on any atom is -0.386 e.